The fourth-order valence-electron chi connectivity index (χ4n) is 1.71. The number of carbonyl (C=O) groups excluding carboxylic acids is 1. The van der Waals surface area contributed by atoms with Gasteiger partial charge in [0, 0.05) is 5.56 Å². The number of nitrogens with one attached hydrogen (secondary N) is 1. The van der Waals surface area contributed by atoms with Crippen LogP contribution in [-0.2, 0) is 0 Å². The van der Waals surface area contributed by atoms with Crippen molar-refractivity contribution < 1.29 is 4.79 Å². The highest BCUT2D eigenvalue weighted by Gasteiger charge is 2.25. The first-order valence-electron chi connectivity index (χ1n) is 4.10. The second kappa shape index (κ2) is 2.34. The first kappa shape index (κ1) is 7.35. The molecule has 2 rings (SSSR count). The molecule has 1 N–H and O–H groups in total. The Bertz CT molecular complexity index is 344. The van der Waals surface area contributed by atoms with E-state index in [0.717, 1.165) is 16.7 Å². The Morgan fingerprint density at radius 1 is 1.42 bits per heavy atom. The predicted molar refractivity (Wildman–Crippen MR) is 47.1 cm³/mol. The van der Waals surface area contributed by atoms with Crippen LogP contribution in [0.25, 0.3) is 0 Å². The quantitative estimate of drug-likeness (QED) is 0.617. The summed E-state index contributed by atoms with van der Waals surface area (Å²) in [6, 6.07) is 6.14. The molecule has 2 nitrogen and oxygen atoms in total. The number of amides is 1. The number of hydrogen-bond acceptors (Lipinski definition) is 1. The van der Waals surface area contributed by atoms with E-state index in [0.29, 0.717) is 0 Å². The van der Waals surface area contributed by atoms with E-state index >= 15 is 0 Å². The Morgan fingerprint density at radius 2 is 2.17 bits per heavy atom. The maximum absolute atomic E-state index is 11.4. The van der Waals surface area contributed by atoms with Crippen LogP contribution in [0.4, 0.5) is 0 Å². The van der Waals surface area contributed by atoms with Gasteiger partial charge in [-0.2, -0.15) is 0 Å². The normalized spacial score (nSPS) is 20.5. The molecule has 0 bridgehead atoms. The summed E-state index contributed by atoms with van der Waals surface area (Å²) in [6.45, 7) is 3.97. The molecule has 1 amide bonds. The van der Waals surface area contributed by atoms with E-state index in [1.54, 1.807) is 0 Å². The molecule has 2 heteroatoms. The Hall–Kier alpha value is -1.31. The first-order chi connectivity index (χ1) is 5.70. The van der Waals surface area contributed by atoms with E-state index in [1.807, 2.05) is 32.0 Å². The van der Waals surface area contributed by atoms with Gasteiger partial charge in [-0.3, -0.25) is 4.79 Å². The zero-order valence-electron chi connectivity index (χ0n) is 7.22. The van der Waals surface area contributed by atoms with Crippen LogP contribution in [0.3, 0.4) is 0 Å². The average molecular weight is 161 g/mol. The van der Waals surface area contributed by atoms with Gasteiger partial charge in [-0.1, -0.05) is 18.2 Å². The lowest BCUT2D eigenvalue weighted by atomic mass is 10.0. The fourth-order valence-corrected chi connectivity index (χ4v) is 1.71. The van der Waals surface area contributed by atoms with Crippen LogP contribution in [-0.4, -0.2) is 5.91 Å². The van der Waals surface area contributed by atoms with Gasteiger partial charge in [-0.15, -0.1) is 0 Å². The molecule has 1 unspecified atom stereocenters. The van der Waals surface area contributed by atoms with Crippen LogP contribution in [0.5, 0.6) is 0 Å². The minimum absolute atomic E-state index is 0.0654. The molecule has 0 saturated carbocycles. The number of fused-ring (bicyclic) bond motifs is 1. The summed E-state index contributed by atoms with van der Waals surface area (Å²) in [5, 5.41) is 2.88. The van der Waals surface area contributed by atoms with Gasteiger partial charge < -0.3 is 5.32 Å². The van der Waals surface area contributed by atoms with E-state index in [4.69, 9.17) is 0 Å². The van der Waals surface area contributed by atoms with E-state index in [1.165, 1.54) is 0 Å². The van der Waals surface area contributed by atoms with Gasteiger partial charge >= 0.3 is 0 Å². The molecule has 62 valence electrons. The molecule has 0 fully saturated rings. The summed E-state index contributed by atoms with van der Waals surface area (Å²) in [6.07, 6.45) is 0. The highest BCUT2D eigenvalue weighted by molar-refractivity contribution is 6.00. The number of benzene rings is 1. The van der Waals surface area contributed by atoms with Gasteiger partial charge in [0.15, 0.2) is 0 Å². The summed E-state index contributed by atoms with van der Waals surface area (Å²) in [5.74, 6) is 0.0654. The van der Waals surface area contributed by atoms with Gasteiger partial charge in [0.05, 0.1) is 6.04 Å². The lowest BCUT2D eigenvalue weighted by molar-refractivity contribution is 0.0958. The largest absolute Gasteiger partial charge is 0.345 e. The highest BCUT2D eigenvalue weighted by Crippen LogP contribution is 2.26. The van der Waals surface area contributed by atoms with Crippen LogP contribution < -0.4 is 5.32 Å². The lowest BCUT2D eigenvalue weighted by Crippen LogP contribution is -2.16. The molecular formula is C10H11NO. The van der Waals surface area contributed by atoms with Crippen LogP contribution in [0, 0.1) is 6.92 Å². The molecule has 0 radical (unpaired) electrons. The van der Waals surface area contributed by atoms with Crippen molar-refractivity contribution in [2.75, 3.05) is 0 Å². The van der Waals surface area contributed by atoms with Gasteiger partial charge in [0.25, 0.3) is 5.91 Å². The second-order valence-corrected chi connectivity index (χ2v) is 3.23. The Kier molecular flexibility index (Phi) is 1.43. The van der Waals surface area contributed by atoms with Crippen LogP contribution in [0.15, 0.2) is 18.2 Å². The van der Waals surface area contributed by atoms with Gasteiger partial charge in [0.1, 0.15) is 0 Å². The van der Waals surface area contributed by atoms with Crippen molar-refractivity contribution in [2.45, 2.75) is 19.9 Å². The Labute approximate surface area is 71.6 Å². The van der Waals surface area contributed by atoms with Crippen molar-refractivity contribution >= 4 is 5.91 Å². The predicted octanol–water partition coefficient (Wildman–Crippen LogP) is 1.80. The van der Waals surface area contributed by atoms with Crippen molar-refractivity contribution in [3.05, 3.63) is 34.9 Å². The van der Waals surface area contributed by atoms with Crippen LogP contribution in [0.1, 0.15) is 34.5 Å². The Balaban J connectivity index is 2.67. The highest BCUT2D eigenvalue weighted by atomic mass is 16.2. The number of aryl methyl sites for hydroxylation is 1. The maximum Gasteiger partial charge on any atom is 0.252 e. The van der Waals surface area contributed by atoms with E-state index in [2.05, 4.69) is 5.32 Å². The van der Waals surface area contributed by atoms with Gasteiger partial charge in [0.2, 0.25) is 0 Å². The molecule has 0 spiro atoms. The summed E-state index contributed by atoms with van der Waals surface area (Å²) >= 11 is 0. The molecule has 1 aliphatic heterocycles. The van der Waals surface area contributed by atoms with Crippen molar-refractivity contribution in [3.63, 3.8) is 0 Å². The summed E-state index contributed by atoms with van der Waals surface area (Å²) in [7, 11) is 0. The topological polar surface area (TPSA) is 29.1 Å². The molecule has 0 aliphatic carbocycles. The zero-order valence-corrected chi connectivity index (χ0v) is 7.22. The monoisotopic (exact) mass is 161 g/mol. The SMILES string of the molecule is Cc1cccc2c1C(=O)NC2C. The van der Waals surface area contributed by atoms with E-state index < -0.39 is 0 Å². The van der Waals surface area contributed by atoms with Crippen molar-refractivity contribution in [1.29, 1.82) is 0 Å². The van der Waals surface area contributed by atoms with Crippen molar-refractivity contribution in [3.8, 4) is 0 Å². The fraction of sp³-hybridized carbons (Fsp3) is 0.300. The smallest absolute Gasteiger partial charge is 0.252 e. The van der Waals surface area contributed by atoms with Crippen LogP contribution in [0.2, 0.25) is 0 Å². The van der Waals surface area contributed by atoms with Gasteiger partial charge in [-0.25, -0.2) is 0 Å². The molecule has 1 heterocycles. The minimum atomic E-state index is 0.0654. The molecule has 0 aromatic heterocycles. The molecule has 1 atom stereocenters. The molecular weight excluding hydrogens is 150 g/mol. The summed E-state index contributed by atoms with van der Waals surface area (Å²) in [4.78, 5) is 11.4. The lowest BCUT2D eigenvalue weighted by Gasteiger charge is -2.02. The summed E-state index contributed by atoms with van der Waals surface area (Å²) < 4.78 is 0. The third-order valence-corrected chi connectivity index (χ3v) is 2.35. The van der Waals surface area contributed by atoms with Crippen LogP contribution >= 0.6 is 0 Å². The van der Waals surface area contributed by atoms with E-state index in [-0.39, 0.29) is 11.9 Å². The minimum Gasteiger partial charge on any atom is -0.345 e. The molecule has 1 aromatic rings. The zero-order chi connectivity index (χ0) is 8.72. The third-order valence-electron chi connectivity index (χ3n) is 2.35. The average Bonchev–Trinajstić information content (AvgIpc) is 2.29. The van der Waals surface area contributed by atoms with Crippen molar-refractivity contribution in [1.82, 2.24) is 5.32 Å². The Morgan fingerprint density at radius 3 is 2.83 bits per heavy atom. The van der Waals surface area contributed by atoms with Crippen molar-refractivity contribution in [2.24, 2.45) is 0 Å². The number of rotatable bonds is 0. The number of hydrogen-bond donors (Lipinski definition) is 1. The molecule has 1 aromatic carbocycles. The standard InChI is InChI=1S/C10H11NO/c1-6-4-3-5-8-7(2)11-10(12)9(6)8/h3-5,7H,1-2H3,(H,11,12). The van der Waals surface area contributed by atoms with Gasteiger partial charge in [-0.05, 0) is 25.0 Å². The van der Waals surface area contributed by atoms with E-state index in [9.17, 15) is 4.79 Å². The molecule has 1 aliphatic rings. The number of carbonyl (C=O) groups is 1. The first-order valence-corrected chi connectivity index (χ1v) is 4.10. The molecule has 0 saturated heterocycles. The molecule has 12 heavy (non-hydrogen) atoms. The summed E-state index contributed by atoms with van der Waals surface area (Å²) in [5.41, 5.74) is 3.05. The third kappa shape index (κ3) is 0.843. The second-order valence-electron chi connectivity index (χ2n) is 3.23. The maximum atomic E-state index is 11.4.